The first-order valence-electron chi connectivity index (χ1n) is 18.5. The fourth-order valence-electron chi connectivity index (χ4n) is 7.04. The maximum absolute atomic E-state index is 13.7. The van der Waals surface area contributed by atoms with Crippen molar-refractivity contribution in [2.75, 3.05) is 66.3 Å². The first kappa shape index (κ1) is 41.0. The van der Waals surface area contributed by atoms with Gasteiger partial charge in [-0.3, -0.25) is 39.2 Å². The second-order valence-corrected chi connectivity index (χ2v) is 14.8. The Hall–Kier alpha value is -5.64. The SMILES string of the molecule is CCc1cc(N2C(=S)N(c3cnc(C#N)c(C(F)(F)F)c3)C(=O)C2(C)C)ccc1OCCN1CCN(CC(=O)Nc2cccc(NC3CCC(=O)NC3=O)c2)CC1. The van der Waals surface area contributed by atoms with Crippen molar-refractivity contribution in [3.8, 4) is 11.8 Å². The van der Waals surface area contributed by atoms with Crippen LogP contribution in [0.25, 0.3) is 0 Å². The number of hydrogen-bond acceptors (Lipinski definition) is 11. The Morgan fingerprint density at radius 1 is 1.05 bits per heavy atom. The molecule has 3 aliphatic heterocycles. The van der Waals surface area contributed by atoms with E-state index >= 15 is 0 Å². The van der Waals surface area contributed by atoms with Gasteiger partial charge in [0.25, 0.3) is 5.91 Å². The Morgan fingerprint density at radius 2 is 1.77 bits per heavy atom. The summed E-state index contributed by atoms with van der Waals surface area (Å²) in [7, 11) is 0. The molecule has 14 nitrogen and oxygen atoms in total. The van der Waals surface area contributed by atoms with Gasteiger partial charge in [-0.25, -0.2) is 4.98 Å². The van der Waals surface area contributed by atoms with E-state index < -0.39 is 34.9 Å². The summed E-state index contributed by atoms with van der Waals surface area (Å²) in [6.07, 6.45) is -2.56. The molecule has 3 N–H and O–H groups in total. The minimum Gasteiger partial charge on any atom is -0.492 e. The average Bonchev–Trinajstić information content (AvgIpc) is 3.34. The number of nitrogens with zero attached hydrogens (tertiary/aromatic N) is 6. The number of nitrogens with one attached hydrogen (secondary N) is 3. The Bertz CT molecular complexity index is 2120. The number of carbonyl (C=O) groups excluding carboxylic acids is 4. The highest BCUT2D eigenvalue weighted by Crippen LogP contribution is 2.40. The van der Waals surface area contributed by atoms with Crippen LogP contribution in [0.1, 0.15) is 50.4 Å². The number of aromatic nitrogens is 1. The smallest absolute Gasteiger partial charge is 0.419 e. The molecule has 1 atom stereocenters. The first-order valence-corrected chi connectivity index (χ1v) is 18.9. The number of aryl methyl sites for hydroxylation is 1. The monoisotopic (exact) mass is 805 g/mol. The van der Waals surface area contributed by atoms with Crippen molar-refractivity contribution in [3.05, 3.63) is 71.5 Å². The predicted octanol–water partition coefficient (Wildman–Crippen LogP) is 4.30. The molecule has 300 valence electrons. The zero-order chi connectivity index (χ0) is 41.1. The number of piperidine rings is 1. The van der Waals surface area contributed by atoms with Gasteiger partial charge in [0.05, 0.1) is 24.0 Å². The molecular formula is C39H42F3N9O5S. The highest BCUT2D eigenvalue weighted by molar-refractivity contribution is 7.81. The van der Waals surface area contributed by atoms with Crippen LogP contribution in [0.3, 0.4) is 0 Å². The van der Waals surface area contributed by atoms with E-state index in [9.17, 15) is 32.3 Å². The van der Waals surface area contributed by atoms with Crippen molar-refractivity contribution in [3.63, 3.8) is 0 Å². The number of pyridine rings is 1. The molecule has 4 amide bonds. The summed E-state index contributed by atoms with van der Waals surface area (Å²) in [6.45, 7) is 9.38. The van der Waals surface area contributed by atoms with Crippen LogP contribution < -0.4 is 30.5 Å². The summed E-state index contributed by atoms with van der Waals surface area (Å²) < 4.78 is 47.3. The molecule has 57 heavy (non-hydrogen) atoms. The third kappa shape index (κ3) is 9.17. The summed E-state index contributed by atoms with van der Waals surface area (Å²) in [5.41, 5.74) is -0.805. The number of halogens is 3. The van der Waals surface area contributed by atoms with Crippen molar-refractivity contribution in [1.82, 2.24) is 20.1 Å². The van der Waals surface area contributed by atoms with Crippen LogP contribution in [0.15, 0.2) is 54.7 Å². The van der Waals surface area contributed by atoms with Gasteiger partial charge in [0.1, 0.15) is 30.0 Å². The predicted molar refractivity (Wildman–Crippen MR) is 210 cm³/mol. The Kier molecular flexibility index (Phi) is 12.1. The Balaban J connectivity index is 0.994. The van der Waals surface area contributed by atoms with Crippen molar-refractivity contribution in [2.45, 2.75) is 57.8 Å². The van der Waals surface area contributed by atoms with E-state index in [2.05, 4.69) is 30.7 Å². The fourth-order valence-corrected chi connectivity index (χ4v) is 7.56. The number of piperazine rings is 1. The van der Waals surface area contributed by atoms with Crippen molar-refractivity contribution in [1.29, 1.82) is 5.26 Å². The van der Waals surface area contributed by atoms with E-state index in [-0.39, 0.29) is 41.5 Å². The summed E-state index contributed by atoms with van der Waals surface area (Å²) in [6, 6.07) is 14.1. The molecule has 4 heterocycles. The van der Waals surface area contributed by atoms with Crippen LogP contribution in [-0.2, 0) is 31.8 Å². The lowest BCUT2D eigenvalue weighted by Gasteiger charge is -2.34. The summed E-state index contributed by atoms with van der Waals surface area (Å²) >= 11 is 5.67. The molecule has 3 aliphatic rings. The molecule has 1 unspecified atom stereocenters. The van der Waals surface area contributed by atoms with E-state index in [0.29, 0.717) is 61.9 Å². The highest BCUT2D eigenvalue weighted by atomic mass is 32.1. The standard InChI is InChI=1S/C39H42F3N9O5S/c1-4-24-18-27(51-37(57)50(36(55)38(51,2)3)28-20-29(39(40,41)42)31(21-43)44-22-28)8-10-32(24)56-17-16-48-12-14-49(15-13-48)23-34(53)46-26-7-5-6-25(19-26)45-30-9-11-33(52)47-35(30)54/h5-8,10,18-20,22,30,45H,4,9,11-17,23H2,1-3H3,(H,46,53)(H,47,52,54). The lowest BCUT2D eigenvalue weighted by Crippen LogP contribution is -2.49. The molecule has 18 heteroatoms. The van der Waals surface area contributed by atoms with Crippen LogP contribution in [0.4, 0.5) is 35.9 Å². The molecule has 0 bridgehead atoms. The third-order valence-electron chi connectivity index (χ3n) is 10.1. The van der Waals surface area contributed by atoms with Crippen LogP contribution >= 0.6 is 12.2 Å². The number of alkyl halides is 3. The molecule has 0 spiro atoms. The Morgan fingerprint density at radius 3 is 2.46 bits per heavy atom. The maximum atomic E-state index is 13.7. The minimum absolute atomic E-state index is 0.0227. The van der Waals surface area contributed by atoms with Gasteiger partial charge in [0.15, 0.2) is 10.8 Å². The van der Waals surface area contributed by atoms with Gasteiger partial charge in [-0.05, 0) is 86.9 Å². The molecule has 3 aromatic rings. The third-order valence-corrected chi connectivity index (χ3v) is 10.5. The molecule has 3 saturated heterocycles. The number of thiocarbonyl (C=S) groups is 1. The van der Waals surface area contributed by atoms with Crippen molar-refractivity contribution >= 4 is 63.7 Å². The van der Waals surface area contributed by atoms with Crippen molar-refractivity contribution < 1.29 is 37.1 Å². The van der Waals surface area contributed by atoms with E-state index in [1.165, 1.54) is 6.07 Å². The first-order chi connectivity index (χ1) is 27.1. The summed E-state index contributed by atoms with van der Waals surface area (Å²) in [5.74, 6) is -0.695. The minimum atomic E-state index is -4.86. The average molecular weight is 806 g/mol. The van der Waals surface area contributed by atoms with E-state index in [1.807, 2.05) is 13.0 Å². The topological polar surface area (TPSA) is 163 Å². The normalized spacial score (nSPS) is 19.0. The molecule has 0 radical (unpaired) electrons. The molecule has 0 saturated carbocycles. The number of nitriles is 1. The number of ether oxygens (including phenoxy) is 1. The summed E-state index contributed by atoms with van der Waals surface area (Å²) in [5, 5.41) is 17.5. The Labute approximate surface area is 332 Å². The van der Waals surface area contributed by atoms with Crippen LogP contribution in [0, 0.1) is 11.3 Å². The summed E-state index contributed by atoms with van der Waals surface area (Å²) in [4.78, 5) is 60.7. The molecule has 2 aromatic carbocycles. The number of hydrogen-bond donors (Lipinski definition) is 3. The van der Waals surface area contributed by atoms with E-state index in [1.54, 1.807) is 55.1 Å². The highest BCUT2D eigenvalue weighted by Gasteiger charge is 2.51. The fraction of sp³-hybridized carbons (Fsp3) is 0.410. The molecule has 6 rings (SSSR count). The van der Waals surface area contributed by atoms with E-state index in [4.69, 9.17) is 22.2 Å². The zero-order valence-corrected chi connectivity index (χ0v) is 32.4. The second-order valence-electron chi connectivity index (χ2n) is 14.4. The number of rotatable bonds is 12. The van der Waals surface area contributed by atoms with Gasteiger partial charge < -0.3 is 20.3 Å². The second kappa shape index (κ2) is 16.8. The van der Waals surface area contributed by atoms with Gasteiger partial charge in [0.2, 0.25) is 17.7 Å². The number of benzene rings is 2. The molecule has 1 aromatic heterocycles. The number of imide groups is 1. The zero-order valence-electron chi connectivity index (χ0n) is 31.6. The molecule has 0 aliphatic carbocycles. The quantitative estimate of drug-likeness (QED) is 0.176. The molecular weight excluding hydrogens is 764 g/mol. The maximum Gasteiger partial charge on any atom is 0.419 e. The van der Waals surface area contributed by atoms with Crippen LogP contribution in [0.2, 0.25) is 0 Å². The lowest BCUT2D eigenvalue weighted by atomic mass is 10.0. The molecule has 3 fully saturated rings. The number of carbonyl (C=O) groups is 4. The number of anilines is 4. The van der Waals surface area contributed by atoms with Crippen LogP contribution in [-0.4, -0.2) is 101 Å². The van der Waals surface area contributed by atoms with E-state index in [0.717, 1.165) is 35.8 Å². The number of amides is 4. The van der Waals surface area contributed by atoms with Gasteiger partial charge in [-0.2, -0.15) is 18.4 Å². The van der Waals surface area contributed by atoms with Crippen molar-refractivity contribution in [2.24, 2.45) is 0 Å². The lowest BCUT2D eigenvalue weighted by molar-refractivity contribution is -0.138. The van der Waals surface area contributed by atoms with Crippen LogP contribution in [0.5, 0.6) is 5.75 Å². The van der Waals surface area contributed by atoms with Gasteiger partial charge in [-0.15, -0.1) is 0 Å². The van der Waals surface area contributed by atoms with Gasteiger partial charge >= 0.3 is 6.18 Å². The largest absolute Gasteiger partial charge is 0.492 e. The van der Waals surface area contributed by atoms with Gasteiger partial charge in [0, 0.05) is 56.2 Å². The van der Waals surface area contributed by atoms with Gasteiger partial charge in [-0.1, -0.05) is 13.0 Å².